The Morgan fingerprint density at radius 2 is 2.09 bits per heavy atom. The number of nitrogens with zero attached hydrogens (tertiary/aromatic N) is 2. The molecule has 1 aliphatic rings. The Morgan fingerprint density at radius 1 is 1.43 bits per heavy atom. The quantitative estimate of drug-likeness (QED) is 0.780. The standard InChI is InChI=1S/C16H23ClN4OS/c1-12-4-5-13(10-14(12)17)18-16(23)20(3)11-15(22)21-8-6-19(2)7-9-21/h4-5,10H,6-9,11H2,1-3H3,(H,18,23)/p+1. The molecule has 1 saturated heterocycles. The van der Waals surface area contributed by atoms with Crippen LogP contribution in [0.15, 0.2) is 18.2 Å². The largest absolute Gasteiger partial charge is 0.343 e. The van der Waals surface area contributed by atoms with E-state index in [-0.39, 0.29) is 12.5 Å². The highest BCUT2D eigenvalue weighted by molar-refractivity contribution is 7.80. The Morgan fingerprint density at radius 3 is 2.70 bits per heavy atom. The third-order valence-electron chi connectivity index (χ3n) is 4.11. The summed E-state index contributed by atoms with van der Waals surface area (Å²) in [4.78, 5) is 17.5. The van der Waals surface area contributed by atoms with Crippen molar-refractivity contribution in [3.05, 3.63) is 28.8 Å². The Kier molecular flexibility index (Phi) is 6.21. The van der Waals surface area contributed by atoms with Gasteiger partial charge < -0.3 is 20.0 Å². The molecular formula is C16H24ClN4OS+. The second-order valence-corrected chi connectivity index (χ2v) is 6.88. The number of aryl methyl sites for hydroxylation is 1. The van der Waals surface area contributed by atoms with Gasteiger partial charge in [0.2, 0.25) is 5.91 Å². The van der Waals surface area contributed by atoms with E-state index < -0.39 is 0 Å². The third-order valence-corrected chi connectivity index (χ3v) is 4.93. The van der Waals surface area contributed by atoms with Crippen molar-refractivity contribution in [1.82, 2.24) is 9.80 Å². The average Bonchev–Trinajstić information content (AvgIpc) is 2.51. The number of carbonyl (C=O) groups is 1. The van der Waals surface area contributed by atoms with E-state index >= 15 is 0 Å². The van der Waals surface area contributed by atoms with Gasteiger partial charge in [0.15, 0.2) is 5.11 Å². The van der Waals surface area contributed by atoms with Crippen molar-refractivity contribution in [2.24, 2.45) is 0 Å². The minimum atomic E-state index is 0.117. The van der Waals surface area contributed by atoms with E-state index in [1.54, 1.807) is 4.90 Å². The number of rotatable bonds is 3. The molecule has 1 aromatic rings. The number of anilines is 1. The molecule has 0 atom stereocenters. The van der Waals surface area contributed by atoms with E-state index in [1.807, 2.05) is 37.1 Å². The molecule has 1 amide bonds. The topological polar surface area (TPSA) is 40.0 Å². The first-order chi connectivity index (χ1) is 10.9. The fraction of sp³-hybridized carbons (Fsp3) is 0.500. The highest BCUT2D eigenvalue weighted by atomic mass is 35.5. The maximum Gasteiger partial charge on any atom is 0.242 e. The molecule has 0 saturated carbocycles. The van der Waals surface area contributed by atoms with Crippen molar-refractivity contribution in [2.75, 3.05) is 52.1 Å². The van der Waals surface area contributed by atoms with Crippen LogP contribution in [-0.2, 0) is 4.79 Å². The number of benzene rings is 1. The highest BCUT2D eigenvalue weighted by Crippen LogP contribution is 2.20. The summed E-state index contributed by atoms with van der Waals surface area (Å²) in [7, 11) is 3.98. The van der Waals surface area contributed by atoms with Gasteiger partial charge in [-0.2, -0.15) is 0 Å². The van der Waals surface area contributed by atoms with Gasteiger partial charge in [0, 0.05) is 17.8 Å². The predicted octanol–water partition coefficient (Wildman–Crippen LogP) is 0.634. The molecule has 0 radical (unpaired) electrons. The van der Waals surface area contributed by atoms with Gasteiger partial charge in [-0.05, 0) is 36.8 Å². The molecule has 23 heavy (non-hydrogen) atoms. The van der Waals surface area contributed by atoms with Gasteiger partial charge in [0.05, 0.1) is 39.8 Å². The Hall–Kier alpha value is -1.37. The minimum Gasteiger partial charge on any atom is -0.343 e. The first-order valence-corrected chi connectivity index (χ1v) is 8.53. The minimum absolute atomic E-state index is 0.117. The maximum atomic E-state index is 12.3. The lowest BCUT2D eigenvalue weighted by molar-refractivity contribution is -0.883. The molecule has 1 heterocycles. The van der Waals surface area contributed by atoms with Crippen molar-refractivity contribution in [3.8, 4) is 0 Å². The number of hydrogen-bond acceptors (Lipinski definition) is 2. The van der Waals surface area contributed by atoms with Crippen LogP contribution in [0.1, 0.15) is 5.56 Å². The summed E-state index contributed by atoms with van der Waals surface area (Å²) < 4.78 is 0. The van der Waals surface area contributed by atoms with Crippen molar-refractivity contribution in [3.63, 3.8) is 0 Å². The van der Waals surface area contributed by atoms with E-state index in [2.05, 4.69) is 12.4 Å². The Balaban J connectivity index is 1.86. The summed E-state index contributed by atoms with van der Waals surface area (Å²) in [6, 6.07) is 5.69. The lowest BCUT2D eigenvalue weighted by atomic mass is 10.2. The maximum absolute atomic E-state index is 12.3. The van der Waals surface area contributed by atoms with Crippen LogP contribution in [0.4, 0.5) is 5.69 Å². The van der Waals surface area contributed by atoms with Gasteiger partial charge in [-0.1, -0.05) is 17.7 Å². The van der Waals surface area contributed by atoms with Gasteiger partial charge >= 0.3 is 0 Å². The monoisotopic (exact) mass is 355 g/mol. The lowest BCUT2D eigenvalue weighted by Crippen LogP contribution is -3.12. The third kappa shape index (κ3) is 5.06. The first kappa shape index (κ1) is 18.0. The number of likely N-dealkylation sites (N-methyl/N-ethyl adjacent to an activating group) is 2. The second kappa shape index (κ2) is 7.95. The van der Waals surface area contributed by atoms with E-state index in [0.717, 1.165) is 37.4 Å². The molecule has 0 aliphatic carbocycles. The Labute approximate surface area is 148 Å². The summed E-state index contributed by atoms with van der Waals surface area (Å²) >= 11 is 11.5. The molecule has 0 spiro atoms. The van der Waals surface area contributed by atoms with Crippen molar-refractivity contribution < 1.29 is 9.69 Å². The van der Waals surface area contributed by atoms with Crippen molar-refractivity contribution in [1.29, 1.82) is 0 Å². The zero-order valence-corrected chi connectivity index (χ0v) is 15.4. The van der Waals surface area contributed by atoms with Gasteiger partial charge in [0.25, 0.3) is 0 Å². The summed E-state index contributed by atoms with van der Waals surface area (Å²) in [5.74, 6) is 0.117. The molecular weight excluding hydrogens is 332 g/mol. The molecule has 0 unspecified atom stereocenters. The average molecular weight is 356 g/mol. The van der Waals surface area contributed by atoms with Gasteiger partial charge in [0.1, 0.15) is 0 Å². The second-order valence-electron chi connectivity index (χ2n) is 6.09. The van der Waals surface area contributed by atoms with Crippen LogP contribution in [0.2, 0.25) is 5.02 Å². The fourth-order valence-corrected chi connectivity index (χ4v) is 2.76. The molecule has 126 valence electrons. The molecule has 0 aromatic heterocycles. The summed E-state index contributed by atoms with van der Waals surface area (Å²) in [6.45, 7) is 5.86. The van der Waals surface area contributed by atoms with Crippen molar-refractivity contribution >= 4 is 40.5 Å². The van der Waals surface area contributed by atoms with Crippen LogP contribution in [0.3, 0.4) is 0 Å². The molecule has 2 rings (SSSR count). The predicted molar refractivity (Wildman–Crippen MR) is 98.2 cm³/mol. The summed E-state index contributed by atoms with van der Waals surface area (Å²) in [6.07, 6.45) is 0. The normalized spacial score (nSPS) is 15.4. The van der Waals surface area contributed by atoms with Crippen LogP contribution < -0.4 is 10.2 Å². The molecule has 1 aliphatic heterocycles. The fourth-order valence-electron chi connectivity index (χ4n) is 2.40. The molecule has 2 N–H and O–H groups in total. The zero-order chi connectivity index (χ0) is 17.0. The van der Waals surface area contributed by atoms with E-state index in [4.69, 9.17) is 23.8 Å². The number of halogens is 1. The van der Waals surface area contributed by atoms with E-state index in [9.17, 15) is 4.79 Å². The summed E-state index contributed by atoms with van der Waals surface area (Å²) in [5, 5.41) is 4.33. The first-order valence-electron chi connectivity index (χ1n) is 7.74. The van der Waals surface area contributed by atoms with Crippen molar-refractivity contribution in [2.45, 2.75) is 6.92 Å². The molecule has 1 fully saturated rings. The molecule has 1 aromatic carbocycles. The van der Waals surface area contributed by atoms with Crippen LogP contribution in [0.5, 0.6) is 0 Å². The number of quaternary nitrogens is 1. The van der Waals surface area contributed by atoms with Gasteiger partial charge in [-0.15, -0.1) is 0 Å². The van der Waals surface area contributed by atoms with E-state index in [1.165, 1.54) is 4.90 Å². The molecule has 5 nitrogen and oxygen atoms in total. The summed E-state index contributed by atoms with van der Waals surface area (Å²) in [5.41, 5.74) is 1.84. The zero-order valence-electron chi connectivity index (χ0n) is 13.9. The van der Waals surface area contributed by atoms with Gasteiger partial charge in [-0.3, -0.25) is 4.79 Å². The number of piperazine rings is 1. The molecule has 0 bridgehead atoms. The van der Waals surface area contributed by atoms with Crippen LogP contribution in [-0.4, -0.2) is 67.6 Å². The highest BCUT2D eigenvalue weighted by Gasteiger charge is 2.22. The van der Waals surface area contributed by atoms with Crippen LogP contribution in [0, 0.1) is 6.92 Å². The molecule has 7 heteroatoms. The number of thiocarbonyl (C=S) groups is 1. The number of hydrogen-bond donors (Lipinski definition) is 2. The van der Waals surface area contributed by atoms with Gasteiger partial charge in [-0.25, -0.2) is 0 Å². The van der Waals surface area contributed by atoms with E-state index in [0.29, 0.717) is 10.1 Å². The van der Waals surface area contributed by atoms with Crippen LogP contribution >= 0.6 is 23.8 Å². The number of nitrogens with one attached hydrogen (secondary N) is 2. The number of amides is 1. The lowest BCUT2D eigenvalue weighted by Gasteiger charge is -2.31. The number of carbonyl (C=O) groups excluding carboxylic acids is 1. The Bertz CT molecular complexity index is 587. The smallest absolute Gasteiger partial charge is 0.242 e. The SMILES string of the molecule is Cc1ccc(NC(=S)N(C)CC(=O)N2CC[NH+](C)CC2)cc1Cl. The van der Waals surface area contributed by atoms with Crippen LogP contribution in [0.25, 0.3) is 0 Å².